The van der Waals surface area contributed by atoms with E-state index in [9.17, 15) is 10.1 Å². The lowest BCUT2D eigenvalue weighted by Gasteiger charge is -2.20. The van der Waals surface area contributed by atoms with Crippen molar-refractivity contribution in [3.63, 3.8) is 0 Å². The van der Waals surface area contributed by atoms with Crippen LogP contribution in [0.2, 0.25) is 0 Å². The van der Waals surface area contributed by atoms with E-state index in [1.807, 2.05) is 13.0 Å². The summed E-state index contributed by atoms with van der Waals surface area (Å²) in [6.45, 7) is 3.56. The average molecular weight is 261 g/mol. The third-order valence-corrected chi connectivity index (χ3v) is 3.38. The summed E-state index contributed by atoms with van der Waals surface area (Å²) in [7, 11) is 0. The molecule has 2 atom stereocenters. The number of nitro benzene ring substituents is 1. The van der Waals surface area contributed by atoms with Crippen molar-refractivity contribution in [1.29, 1.82) is 5.26 Å². The van der Waals surface area contributed by atoms with E-state index in [1.54, 1.807) is 6.07 Å². The standard InChI is InChI=1S/C13H15N3O3/c1-9(10-4-5-19-8-10)15-12-2-3-13(16(17)18)11(6-12)7-14/h2-3,6,9-10,15H,4-5,8H2,1H3. The van der Waals surface area contributed by atoms with Gasteiger partial charge in [-0.05, 0) is 25.5 Å². The minimum atomic E-state index is -0.545. The summed E-state index contributed by atoms with van der Waals surface area (Å²) < 4.78 is 5.33. The number of nitrogens with zero attached hydrogens (tertiary/aromatic N) is 2. The molecule has 0 amide bonds. The molecule has 0 aromatic heterocycles. The molecule has 100 valence electrons. The quantitative estimate of drug-likeness (QED) is 0.663. The van der Waals surface area contributed by atoms with Crippen LogP contribution in [0, 0.1) is 27.4 Å². The van der Waals surface area contributed by atoms with Crippen LogP contribution in [0.25, 0.3) is 0 Å². The van der Waals surface area contributed by atoms with Crippen LogP contribution in [0.1, 0.15) is 18.9 Å². The predicted octanol–water partition coefficient (Wildman–Crippen LogP) is 2.30. The zero-order chi connectivity index (χ0) is 13.8. The molecule has 1 fully saturated rings. The van der Waals surface area contributed by atoms with E-state index in [2.05, 4.69) is 5.32 Å². The Morgan fingerprint density at radius 1 is 1.63 bits per heavy atom. The third-order valence-electron chi connectivity index (χ3n) is 3.38. The average Bonchev–Trinajstić information content (AvgIpc) is 2.92. The van der Waals surface area contributed by atoms with Crippen LogP contribution >= 0.6 is 0 Å². The number of nitro groups is 1. The molecule has 19 heavy (non-hydrogen) atoms. The van der Waals surface area contributed by atoms with Crippen LogP contribution in [0.5, 0.6) is 0 Å². The Balaban J connectivity index is 2.13. The molecule has 0 spiro atoms. The van der Waals surface area contributed by atoms with Gasteiger partial charge in [0, 0.05) is 30.3 Å². The van der Waals surface area contributed by atoms with E-state index in [4.69, 9.17) is 10.00 Å². The first-order valence-electron chi connectivity index (χ1n) is 6.14. The van der Waals surface area contributed by atoms with E-state index in [0.717, 1.165) is 25.3 Å². The maximum Gasteiger partial charge on any atom is 0.287 e. The van der Waals surface area contributed by atoms with Crippen molar-refractivity contribution in [3.05, 3.63) is 33.9 Å². The van der Waals surface area contributed by atoms with Gasteiger partial charge in [0.1, 0.15) is 11.6 Å². The van der Waals surface area contributed by atoms with E-state index in [1.165, 1.54) is 12.1 Å². The van der Waals surface area contributed by atoms with Gasteiger partial charge in [0.15, 0.2) is 0 Å². The van der Waals surface area contributed by atoms with Crippen molar-refractivity contribution in [1.82, 2.24) is 0 Å². The molecular weight excluding hydrogens is 246 g/mol. The molecule has 0 radical (unpaired) electrons. The number of anilines is 1. The number of benzene rings is 1. The minimum absolute atomic E-state index is 0.0740. The van der Waals surface area contributed by atoms with Gasteiger partial charge in [0.05, 0.1) is 11.5 Å². The topological polar surface area (TPSA) is 88.2 Å². The number of hydrogen-bond acceptors (Lipinski definition) is 5. The molecule has 2 unspecified atom stereocenters. The smallest absolute Gasteiger partial charge is 0.287 e. The molecule has 1 N–H and O–H groups in total. The summed E-state index contributed by atoms with van der Waals surface area (Å²) in [6.07, 6.45) is 1.01. The largest absolute Gasteiger partial charge is 0.382 e. The molecule has 2 rings (SSSR count). The second-order valence-corrected chi connectivity index (χ2v) is 4.66. The maximum absolute atomic E-state index is 10.7. The molecule has 1 saturated heterocycles. The van der Waals surface area contributed by atoms with Crippen LogP contribution in [0.3, 0.4) is 0 Å². The first-order valence-corrected chi connectivity index (χ1v) is 6.14. The molecule has 6 heteroatoms. The van der Waals surface area contributed by atoms with E-state index in [-0.39, 0.29) is 17.3 Å². The predicted molar refractivity (Wildman–Crippen MR) is 69.8 cm³/mol. The minimum Gasteiger partial charge on any atom is -0.382 e. The van der Waals surface area contributed by atoms with Crippen molar-refractivity contribution < 1.29 is 9.66 Å². The van der Waals surface area contributed by atoms with Crippen LogP contribution < -0.4 is 5.32 Å². The molecule has 0 aliphatic carbocycles. The molecule has 0 saturated carbocycles. The van der Waals surface area contributed by atoms with Gasteiger partial charge in [-0.1, -0.05) is 0 Å². The summed E-state index contributed by atoms with van der Waals surface area (Å²) in [5, 5.41) is 22.9. The molecule has 1 aliphatic rings. The molecule has 0 bridgehead atoms. The van der Waals surface area contributed by atoms with Gasteiger partial charge >= 0.3 is 0 Å². The number of ether oxygens (including phenoxy) is 1. The fourth-order valence-electron chi connectivity index (χ4n) is 2.20. The Hall–Kier alpha value is -2.13. The zero-order valence-electron chi connectivity index (χ0n) is 10.6. The van der Waals surface area contributed by atoms with Crippen LogP contribution in [0.4, 0.5) is 11.4 Å². The number of nitriles is 1. The molecule has 6 nitrogen and oxygen atoms in total. The Labute approximate surface area is 111 Å². The van der Waals surface area contributed by atoms with E-state index < -0.39 is 4.92 Å². The highest BCUT2D eigenvalue weighted by Crippen LogP contribution is 2.24. The second-order valence-electron chi connectivity index (χ2n) is 4.66. The zero-order valence-corrected chi connectivity index (χ0v) is 10.6. The van der Waals surface area contributed by atoms with Crippen molar-refractivity contribution in [2.75, 3.05) is 18.5 Å². The summed E-state index contributed by atoms with van der Waals surface area (Å²) in [6, 6.07) is 6.57. The first-order chi connectivity index (χ1) is 9.11. The Kier molecular flexibility index (Phi) is 3.97. The van der Waals surface area contributed by atoms with Gasteiger partial charge in [0.2, 0.25) is 0 Å². The van der Waals surface area contributed by atoms with Gasteiger partial charge in [-0.2, -0.15) is 5.26 Å². The van der Waals surface area contributed by atoms with Gasteiger partial charge in [-0.15, -0.1) is 0 Å². The van der Waals surface area contributed by atoms with Gasteiger partial charge in [0.25, 0.3) is 5.69 Å². The number of nitrogens with one attached hydrogen (secondary N) is 1. The summed E-state index contributed by atoms with van der Waals surface area (Å²) in [4.78, 5) is 10.2. The number of rotatable bonds is 4. The lowest BCUT2D eigenvalue weighted by molar-refractivity contribution is -0.385. The summed E-state index contributed by atoms with van der Waals surface area (Å²) >= 11 is 0. The van der Waals surface area contributed by atoms with Crippen LogP contribution in [-0.4, -0.2) is 24.2 Å². The van der Waals surface area contributed by atoms with Crippen molar-refractivity contribution in [3.8, 4) is 6.07 Å². The molecule has 1 aromatic carbocycles. The highest BCUT2D eigenvalue weighted by atomic mass is 16.6. The van der Waals surface area contributed by atoms with Crippen molar-refractivity contribution >= 4 is 11.4 Å². The first kappa shape index (κ1) is 13.3. The monoisotopic (exact) mass is 261 g/mol. The second kappa shape index (κ2) is 5.67. The SMILES string of the molecule is CC(Nc1ccc([N+](=O)[O-])c(C#N)c1)C1CCOC1. The summed E-state index contributed by atoms with van der Waals surface area (Å²) in [5.41, 5.74) is 0.635. The fourth-order valence-corrected chi connectivity index (χ4v) is 2.20. The number of hydrogen-bond donors (Lipinski definition) is 1. The normalized spacial score (nSPS) is 19.7. The van der Waals surface area contributed by atoms with E-state index >= 15 is 0 Å². The fraction of sp³-hybridized carbons (Fsp3) is 0.462. The molecule has 1 aromatic rings. The third kappa shape index (κ3) is 3.01. The Morgan fingerprint density at radius 2 is 2.42 bits per heavy atom. The van der Waals surface area contributed by atoms with E-state index in [0.29, 0.717) is 5.92 Å². The highest BCUT2D eigenvalue weighted by molar-refractivity contribution is 5.59. The van der Waals surface area contributed by atoms with Crippen molar-refractivity contribution in [2.24, 2.45) is 5.92 Å². The molecular formula is C13H15N3O3. The van der Waals surface area contributed by atoms with Gasteiger partial charge < -0.3 is 10.1 Å². The Morgan fingerprint density at radius 3 is 3.00 bits per heavy atom. The maximum atomic E-state index is 10.7. The molecule has 1 heterocycles. The van der Waals surface area contributed by atoms with Gasteiger partial charge in [-0.3, -0.25) is 10.1 Å². The lowest BCUT2D eigenvalue weighted by atomic mass is 10.0. The Bertz CT molecular complexity index is 518. The van der Waals surface area contributed by atoms with Gasteiger partial charge in [-0.25, -0.2) is 0 Å². The molecule has 1 aliphatic heterocycles. The van der Waals surface area contributed by atoms with Crippen molar-refractivity contribution in [2.45, 2.75) is 19.4 Å². The summed E-state index contributed by atoms with van der Waals surface area (Å²) in [5.74, 6) is 0.431. The van der Waals surface area contributed by atoms with Crippen LogP contribution in [0.15, 0.2) is 18.2 Å². The lowest BCUT2D eigenvalue weighted by Crippen LogP contribution is -2.26. The van der Waals surface area contributed by atoms with Crippen LogP contribution in [-0.2, 0) is 4.74 Å². The highest BCUT2D eigenvalue weighted by Gasteiger charge is 2.22.